The van der Waals surface area contributed by atoms with Crippen molar-refractivity contribution in [3.8, 4) is 0 Å². The summed E-state index contributed by atoms with van der Waals surface area (Å²) >= 11 is 0. The maximum absolute atomic E-state index is 5.82. The van der Waals surface area contributed by atoms with E-state index in [0.717, 1.165) is 0 Å². The van der Waals surface area contributed by atoms with Crippen molar-refractivity contribution in [2.75, 3.05) is 0 Å². The van der Waals surface area contributed by atoms with E-state index in [1.165, 1.54) is 12.8 Å². The summed E-state index contributed by atoms with van der Waals surface area (Å²) in [6.07, 6.45) is 2.36. The Hall–Kier alpha value is -0.730. The molecule has 1 rings (SSSR count). The van der Waals surface area contributed by atoms with Crippen molar-refractivity contribution in [1.82, 2.24) is 5.32 Å². The quantitative estimate of drug-likeness (QED) is 0.524. The molecule has 3 nitrogen and oxygen atoms in total. The summed E-state index contributed by atoms with van der Waals surface area (Å²) in [4.78, 5) is 4.48. The Balaban J connectivity index is 2.47. The van der Waals surface area contributed by atoms with E-state index in [0.29, 0.717) is 17.4 Å². The second kappa shape index (κ2) is 3.44. The van der Waals surface area contributed by atoms with Crippen LogP contribution in [0.5, 0.6) is 0 Å². The van der Waals surface area contributed by atoms with E-state index in [1.807, 2.05) is 0 Å². The lowest BCUT2D eigenvalue weighted by Crippen LogP contribution is -2.45. The molecule has 1 aliphatic carbocycles. The topological polar surface area (TPSA) is 50.4 Å². The van der Waals surface area contributed by atoms with Gasteiger partial charge in [0.1, 0.15) is 0 Å². The number of guanidine groups is 1. The number of nitrogens with zero attached hydrogens (tertiary/aromatic N) is 1. The van der Waals surface area contributed by atoms with E-state index in [-0.39, 0.29) is 5.54 Å². The average molecular weight is 197 g/mol. The summed E-state index contributed by atoms with van der Waals surface area (Å²) in [7, 11) is 0. The van der Waals surface area contributed by atoms with Crippen LogP contribution in [-0.4, -0.2) is 17.5 Å². The van der Waals surface area contributed by atoms with Crippen molar-refractivity contribution in [1.29, 1.82) is 0 Å². The van der Waals surface area contributed by atoms with E-state index in [2.05, 4.69) is 44.9 Å². The summed E-state index contributed by atoms with van der Waals surface area (Å²) in [5, 5.41) is 3.18. The highest BCUT2D eigenvalue weighted by atomic mass is 15.2. The van der Waals surface area contributed by atoms with Crippen LogP contribution < -0.4 is 11.1 Å². The van der Waals surface area contributed by atoms with Crippen LogP contribution >= 0.6 is 0 Å². The van der Waals surface area contributed by atoms with Crippen LogP contribution in [0.2, 0.25) is 0 Å². The summed E-state index contributed by atoms with van der Waals surface area (Å²) in [5.41, 5.74) is 6.23. The Labute approximate surface area is 87.2 Å². The van der Waals surface area contributed by atoms with Crippen LogP contribution in [0, 0.1) is 5.41 Å². The van der Waals surface area contributed by atoms with Gasteiger partial charge in [0.05, 0.1) is 6.04 Å². The SMILES string of the molecule is CCC1(C)CC1N=C(N)NC(C)(C)C. The molecule has 2 atom stereocenters. The highest BCUT2D eigenvalue weighted by Gasteiger charge is 2.48. The Bertz CT molecular complexity index is 239. The monoisotopic (exact) mass is 197 g/mol. The Morgan fingerprint density at radius 3 is 2.50 bits per heavy atom. The molecule has 14 heavy (non-hydrogen) atoms. The predicted molar refractivity (Wildman–Crippen MR) is 61.3 cm³/mol. The molecular weight excluding hydrogens is 174 g/mol. The lowest BCUT2D eigenvalue weighted by atomic mass is 10.1. The predicted octanol–water partition coefficient (Wildman–Crippen LogP) is 1.88. The van der Waals surface area contributed by atoms with Gasteiger partial charge in [-0.15, -0.1) is 0 Å². The lowest BCUT2D eigenvalue weighted by Gasteiger charge is -2.21. The van der Waals surface area contributed by atoms with Gasteiger partial charge in [0.2, 0.25) is 0 Å². The van der Waals surface area contributed by atoms with Crippen molar-refractivity contribution in [2.45, 2.75) is 59.0 Å². The fraction of sp³-hybridized carbons (Fsp3) is 0.909. The van der Waals surface area contributed by atoms with Crippen LogP contribution in [0.25, 0.3) is 0 Å². The van der Waals surface area contributed by atoms with Crippen molar-refractivity contribution in [3.05, 3.63) is 0 Å². The smallest absolute Gasteiger partial charge is 0.189 e. The molecule has 1 saturated carbocycles. The highest BCUT2D eigenvalue weighted by molar-refractivity contribution is 5.79. The number of aliphatic imine (C=N–C) groups is 1. The number of hydrogen-bond donors (Lipinski definition) is 2. The molecule has 1 aliphatic rings. The van der Waals surface area contributed by atoms with E-state index in [9.17, 15) is 0 Å². The van der Waals surface area contributed by atoms with Gasteiger partial charge in [-0.25, -0.2) is 4.99 Å². The number of hydrogen-bond acceptors (Lipinski definition) is 1. The first-order valence-electron chi connectivity index (χ1n) is 5.38. The molecule has 0 amide bonds. The largest absolute Gasteiger partial charge is 0.370 e. The third-order valence-corrected chi connectivity index (χ3v) is 2.91. The molecule has 3 heteroatoms. The van der Waals surface area contributed by atoms with Gasteiger partial charge in [-0.3, -0.25) is 0 Å². The molecule has 0 spiro atoms. The van der Waals surface area contributed by atoms with E-state index in [4.69, 9.17) is 5.73 Å². The fourth-order valence-electron chi connectivity index (χ4n) is 1.55. The first-order valence-corrected chi connectivity index (χ1v) is 5.38. The number of nitrogens with two attached hydrogens (primary N) is 1. The van der Waals surface area contributed by atoms with Gasteiger partial charge in [0.25, 0.3) is 0 Å². The van der Waals surface area contributed by atoms with Crippen LogP contribution in [0.3, 0.4) is 0 Å². The molecular formula is C11H23N3. The normalized spacial score (nSPS) is 32.9. The summed E-state index contributed by atoms with van der Waals surface area (Å²) in [6.45, 7) is 10.7. The Morgan fingerprint density at radius 2 is 2.14 bits per heavy atom. The molecule has 0 bridgehead atoms. The maximum Gasteiger partial charge on any atom is 0.189 e. The summed E-state index contributed by atoms with van der Waals surface area (Å²) in [5.74, 6) is 0.583. The van der Waals surface area contributed by atoms with Gasteiger partial charge in [-0.05, 0) is 39.0 Å². The minimum Gasteiger partial charge on any atom is -0.370 e. The second-order valence-corrected chi connectivity index (χ2v) is 5.62. The molecule has 0 aromatic rings. The van der Waals surface area contributed by atoms with Crippen LogP contribution in [0.1, 0.15) is 47.5 Å². The van der Waals surface area contributed by atoms with Gasteiger partial charge < -0.3 is 11.1 Å². The lowest BCUT2D eigenvalue weighted by molar-refractivity contribution is 0.501. The van der Waals surface area contributed by atoms with Gasteiger partial charge in [0, 0.05) is 5.54 Å². The van der Waals surface area contributed by atoms with Crippen LogP contribution in [0.15, 0.2) is 4.99 Å². The third kappa shape index (κ3) is 2.89. The first-order chi connectivity index (χ1) is 6.27. The molecule has 0 heterocycles. The molecule has 0 aliphatic heterocycles. The van der Waals surface area contributed by atoms with E-state index >= 15 is 0 Å². The molecule has 0 saturated heterocycles. The van der Waals surface area contributed by atoms with Crippen molar-refractivity contribution in [3.63, 3.8) is 0 Å². The Kier molecular flexibility index (Phi) is 2.79. The molecule has 82 valence electrons. The zero-order valence-electron chi connectivity index (χ0n) is 10.0. The molecule has 0 radical (unpaired) electrons. The highest BCUT2D eigenvalue weighted by Crippen LogP contribution is 2.50. The van der Waals surface area contributed by atoms with Gasteiger partial charge in [-0.1, -0.05) is 13.8 Å². The molecule has 0 aromatic carbocycles. The minimum absolute atomic E-state index is 0.00505. The van der Waals surface area contributed by atoms with Crippen molar-refractivity contribution < 1.29 is 0 Å². The number of nitrogens with one attached hydrogen (secondary N) is 1. The summed E-state index contributed by atoms with van der Waals surface area (Å²) < 4.78 is 0. The van der Waals surface area contributed by atoms with Gasteiger partial charge >= 0.3 is 0 Å². The van der Waals surface area contributed by atoms with Crippen LogP contribution in [-0.2, 0) is 0 Å². The van der Waals surface area contributed by atoms with Gasteiger partial charge in [0.15, 0.2) is 5.96 Å². The van der Waals surface area contributed by atoms with Gasteiger partial charge in [-0.2, -0.15) is 0 Å². The molecule has 1 fully saturated rings. The molecule has 3 N–H and O–H groups in total. The third-order valence-electron chi connectivity index (χ3n) is 2.91. The second-order valence-electron chi connectivity index (χ2n) is 5.62. The Morgan fingerprint density at radius 1 is 1.57 bits per heavy atom. The van der Waals surface area contributed by atoms with Crippen molar-refractivity contribution in [2.24, 2.45) is 16.1 Å². The molecule has 2 unspecified atom stereocenters. The number of rotatable bonds is 2. The summed E-state index contributed by atoms with van der Waals surface area (Å²) in [6, 6.07) is 0.433. The van der Waals surface area contributed by atoms with Crippen molar-refractivity contribution >= 4 is 5.96 Å². The maximum atomic E-state index is 5.82. The zero-order valence-corrected chi connectivity index (χ0v) is 10.0. The standard InChI is InChI=1S/C11H23N3/c1-6-11(5)7-8(11)13-9(12)14-10(2,3)4/h8H,6-7H2,1-5H3,(H3,12,13,14). The van der Waals surface area contributed by atoms with Crippen LogP contribution in [0.4, 0.5) is 0 Å². The molecule has 0 aromatic heterocycles. The zero-order chi connectivity index (χ0) is 11.0. The minimum atomic E-state index is 0.00505. The fourth-order valence-corrected chi connectivity index (χ4v) is 1.55. The average Bonchev–Trinajstić information content (AvgIpc) is 2.58. The van der Waals surface area contributed by atoms with E-state index < -0.39 is 0 Å². The first kappa shape index (κ1) is 11.3. The van der Waals surface area contributed by atoms with E-state index in [1.54, 1.807) is 0 Å².